The first-order chi connectivity index (χ1) is 17.4. The van der Waals surface area contributed by atoms with E-state index in [0.717, 1.165) is 6.92 Å². The molecule has 17 nitrogen and oxygen atoms in total. The van der Waals surface area contributed by atoms with Crippen LogP contribution in [-0.4, -0.2) is 169 Å². The molecule has 17 heteroatoms. The van der Waals surface area contributed by atoms with Gasteiger partial charge >= 0.3 is 0 Å². The van der Waals surface area contributed by atoms with Crippen LogP contribution < -0.4 is 5.32 Å². The van der Waals surface area contributed by atoms with Gasteiger partial charge in [0.1, 0.15) is 73.2 Å². The van der Waals surface area contributed by atoms with E-state index in [9.17, 15) is 55.9 Å². The van der Waals surface area contributed by atoms with E-state index in [0.29, 0.717) is 0 Å². The molecule has 0 saturated carbocycles. The number of carbonyl (C=O) groups is 1. The molecule has 0 bridgehead atoms. The average molecular weight is 545 g/mol. The summed E-state index contributed by atoms with van der Waals surface area (Å²) in [5, 5.41) is 103. The second kappa shape index (κ2) is 12.8. The Hall–Kier alpha value is -1.13. The van der Waals surface area contributed by atoms with E-state index in [2.05, 4.69) is 5.32 Å². The Balaban J connectivity index is 1.87. The molecule has 11 N–H and O–H groups in total. The third-order valence-electron chi connectivity index (χ3n) is 6.48. The van der Waals surface area contributed by atoms with Crippen LogP contribution in [0.25, 0.3) is 0 Å². The molecule has 3 fully saturated rings. The predicted octanol–water partition coefficient (Wildman–Crippen LogP) is -7.43. The molecule has 3 rings (SSSR count). The number of hydrogen-bond donors (Lipinski definition) is 11. The van der Waals surface area contributed by atoms with Crippen molar-refractivity contribution in [3.8, 4) is 0 Å². The summed E-state index contributed by atoms with van der Waals surface area (Å²) < 4.78 is 27.4. The number of amides is 1. The summed E-state index contributed by atoms with van der Waals surface area (Å²) >= 11 is 0. The van der Waals surface area contributed by atoms with Gasteiger partial charge in [-0.2, -0.15) is 0 Å². The maximum absolute atomic E-state index is 12.0. The standard InChI is InChI=1S/C20H35NO16/c1-5(25)21-9-17(36-19-15(31)13(29)10(26)6(2-22)34-19)12(28)8(4-24)33-18(9)37-20-16(32)14(30)11(27)7(3-23)35-20/h6-20,22-24,26-32H,2-4H2,1H3,(H,21,25)/t6-,7-,8-,9-,10+,11+,12+,13+,14+,15-,16-,17-,18+,19+,20-/m1/s1. The normalized spacial score (nSPS) is 49.0. The lowest BCUT2D eigenvalue weighted by molar-refractivity contribution is -0.378. The summed E-state index contributed by atoms with van der Waals surface area (Å²) in [6.45, 7) is -1.23. The average Bonchev–Trinajstić information content (AvgIpc) is 2.87. The van der Waals surface area contributed by atoms with E-state index < -0.39 is 118 Å². The second-order valence-corrected chi connectivity index (χ2v) is 9.07. The first kappa shape index (κ1) is 30.4. The van der Waals surface area contributed by atoms with E-state index in [1.165, 1.54) is 0 Å². The summed E-state index contributed by atoms with van der Waals surface area (Å²) in [6, 6.07) is -1.46. The van der Waals surface area contributed by atoms with Gasteiger partial charge in [-0.15, -0.1) is 0 Å². The molecule has 0 spiro atoms. The molecule has 216 valence electrons. The van der Waals surface area contributed by atoms with Crippen LogP contribution in [0.1, 0.15) is 6.92 Å². The Labute approximate surface area is 210 Å². The van der Waals surface area contributed by atoms with Gasteiger partial charge in [-0.1, -0.05) is 0 Å². The van der Waals surface area contributed by atoms with Crippen LogP contribution in [-0.2, 0) is 28.5 Å². The van der Waals surface area contributed by atoms with Crippen molar-refractivity contribution in [3.63, 3.8) is 0 Å². The molecule has 3 aliphatic rings. The molecular formula is C20H35NO16. The van der Waals surface area contributed by atoms with Gasteiger partial charge in [-0.25, -0.2) is 0 Å². The minimum atomic E-state index is -1.87. The lowest BCUT2D eigenvalue weighted by Gasteiger charge is -2.48. The van der Waals surface area contributed by atoms with Gasteiger partial charge in [0.05, 0.1) is 19.8 Å². The zero-order valence-corrected chi connectivity index (χ0v) is 19.7. The van der Waals surface area contributed by atoms with Crippen molar-refractivity contribution in [3.05, 3.63) is 0 Å². The van der Waals surface area contributed by atoms with E-state index in [1.807, 2.05) is 0 Å². The second-order valence-electron chi connectivity index (χ2n) is 9.07. The summed E-state index contributed by atoms with van der Waals surface area (Å²) in [4.78, 5) is 12.0. The number of nitrogens with one attached hydrogen (secondary N) is 1. The monoisotopic (exact) mass is 545 g/mol. The molecule has 3 aliphatic heterocycles. The fraction of sp³-hybridized carbons (Fsp3) is 0.950. The summed E-state index contributed by atoms with van der Waals surface area (Å²) in [7, 11) is 0. The molecule has 15 atom stereocenters. The highest BCUT2D eigenvalue weighted by molar-refractivity contribution is 5.73. The molecule has 0 aliphatic carbocycles. The largest absolute Gasteiger partial charge is 0.394 e. The highest BCUT2D eigenvalue weighted by Gasteiger charge is 2.53. The van der Waals surface area contributed by atoms with Crippen LogP contribution >= 0.6 is 0 Å². The number of ether oxygens (including phenoxy) is 5. The lowest BCUT2D eigenvalue weighted by atomic mass is 9.95. The Morgan fingerprint density at radius 1 is 0.622 bits per heavy atom. The highest BCUT2D eigenvalue weighted by Crippen LogP contribution is 2.32. The van der Waals surface area contributed by atoms with E-state index in [4.69, 9.17) is 23.7 Å². The molecule has 0 radical (unpaired) electrons. The van der Waals surface area contributed by atoms with Gasteiger partial charge in [0.15, 0.2) is 18.9 Å². The van der Waals surface area contributed by atoms with E-state index in [-0.39, 0.29) is 0 Å². The van der Waals surface area contributed by atoms with Crippen molar-refractivity contribution in [2.24, 2.45) is 0 Å². The SMILES string of the molecule is CC(=O)N[C@H]1[C@H](O[C@H]2O[C@H](CO)[C@H](O)[C@H](O)[C@H]2O)O[C@H](CO)[C@H](O)[C@@H]1O[C@@H]1O[C@H](CO)[C@H](O)[C@H](O)[C@H]1O. The molecule has 3 heterocycles. The van der Waals surface area contributed by atoms with Gasteiger partial charge in [-0.05, 0) is 0 Å². The molecule has 1 amide bonds. The van der Waals surface area contributed by atoms with Crippen LogP contribution in [0.4, 0.5) is 0 Å². The molecular weight excluding hydrogens is 510 g/mol. The van der Waals surface area contributed by atoms with Crippen molar-refractivity contribution in [2.45, 2.75) is 99.0 Å². The Bertz CT molecular complexity index is 743. The first-order valence-corrected chi connectivity index (χ1v) is 11.6. The van der Waals surface area contributed by atoms with Crippen molar-refractivity contribution in [1.82, 2.24) is 5.32 Å². The van der Waals surface area contributed by atoms with Crippen LogP contribution in [0.3, 0.4) is 0 Å². The van der Waals surface area contributed by atoms with Crippen LogP contribution in [0.2, 0.25) is 0 Å². The van der Waals surface area contributed by atoms with Crippen molar-refractivity contribution in [1.29, 1.82) is 0 Å². The van der Waals surface area contributed by atoms with Crippen LogP contribution in [0, 0.1) is 0 Å². The summed E-state index contributed by atoms with van der Waals surface area (Å²) in [6.07, 6.45) is -23.3. The maximum Gasteiger partial charge on any atom is 0.217 e. The third kappa shape index (κ3) is 6.38. The van der Waals surface area contributed by atoms with E-state index in [1.54, 1.807) is 0 Å². The number of aliphatic hydroxyl groups is 10. The zero-order chi connectivity index (χ0) is 27.6. The first-order valence-electron chi connectivity index (χ1n) is 11.6. The topological polar surface area (TPSA) is 278 Å². The van der Waals surface area contributed by atoms with Gasteiger partial charge in [0.25, 0.3) is 0 Å². The van der Waals surface area contributed by atoms with Gasteiger partial charge in [-0.3, -0.25) is 4.79 Å². The minimum absolute atomic E-state index is 0.687. The Morgan fingerprint density at radius 3 is 1.46 bits per heavy atom. The van der Waals surface area contributed by atoms with E-state index >= 15 is 0 Å². The van der Waals surface area contributed by atoms with Gasteiger partial charge in [0, 0.05) is 6.92 Å². The molecule has 0 unspecified atom stereocenters. The smallest absolute Gasteiger partial charge is 0.217 e. The highest BCUT2D eigenvalue weighted by atomic mass is 16.8. The lowest BCUT2D eigenvalue weighted by Crippen LogP contribution is -2.69. The summed E-state index contributed by atoms with van der Waals surface area (Å²) in [5.41, 5.74) is 0. The third-order valence-corrected chi connectivity index (χ3v) is 6.48. The zero-order valence-electron chi connectivity index (χ0n) is 19.7. The molecule has 3 saturated heterocycles. The van der Waals surface area contributed by atoms with Crippen molar-refractivity contribution >= 4 is 5.91 Å². The Kier molecular flexibility index (Phi) is 10.5. The molecule has 0 aromatic carbocycles. The maximum atomic E-state index is 12.0. The molecule has 0 aromatic heterocycles. The Morgan fingerprint density at radius 2 is 1.03 bits per heavy atom. The number of hydrogen-bond acceptors (Lipinski definition) is 16. The number of carbonyl (C=O) groups excluding carboxylic acids is 1. The van der Waals surface area contributed by atoms with Gasteiger partial charge in [0.2, 0.25) is 5.91 Å². The fourth-order valence-corrected chi connectivity index (χ4v) is 4.38. The fourth-order valence-electron chi connectivity index (χ4n) is 4.38. The van der Waals surface area contributed by atoms with Crippen LogP contribution in [0.5, 0.6) is 0 Å². The quantitative estimate of drug-likeness (QED) is 0.135. The number of rotatable bonds is 8. The minimum Gasteiger partial charge on any atom is -0.394 e. The van der Waals surface area contributed by atoms with Gasteiger partial charge < -0.3 is 80.1 Å². The van der Waals surface area contributed by atoms with Crippen molar-refractivity contribution < 1.29 is 79.5 Å². The predicted molar refractivity (Wildman–Crippen MR) is 113 cm³/mol. The van der Waals surface area contributed by atoms with Crippen molar-refractivity contribution in [2.75, 3.05) is 19.8 Å². The molecule has 0 aromatic rings. The summed E-state index contributed by atoms with van der Waals surface area (Å²) in [5.74, 6) is -0.687. The molecule has 37 heavy (non-hydrogen) atoms. The number of aliphatic hydroxyl groups excluding tert-OH is 10. The van der Waals surface area contributed by atoms with Crippen LogP contribution in [0.15, 0.2) is 0 Å².